The van der Waals surface area contributed by atoms with E-state index in [1.807, 2.05) is 0 Å². The highest BCUT2D eigenvalue weighted by Gasteiger charge is 2.34. The van der Waals surface area contributed by atoms with Crippen molar-refractivity contribution in [3.05, 3.63) is 11.5 Å². The van der Waals surface area contributed by atoms with E-state index in [4.69, 9.17) is 17.3 Å². The summed E-state index contributed by atoms with van der Waals surface area (Å²) in [6.07, 6.45) is 1.01. The van der Waals surface area contributed by atoms with Crippen LogP contribution in [0.2, 0.25) is 5.28 Å². The van der Waals surface area contributed by atoms with Crippen molar-refractivity contribution in [3.63, 3.8) is 0 Å². The molecule has 1 aliphatic heterocycles. The largest absolute Gasteiger partial charge is 0.394 e. The van der Waals surface area contributed by atoms with E-state index in [0.29, 0.717) is 11.5 Å². The Labute approximate surface area is 102 Å². The first kappa shape index (κ1) is 12.3. The molecule has 1 aromatic rings. The van der Waals surface area contributed by atoms with Gasteiger partial charge in [0.1, 0.15) is 0 Å². The molecule has 2 rings (SSSR count). The van der Waals surface area contributed by atoms with Crippen LogP contribution in [0.5, 0.6) is 0 Å². The van der Waals surface area contributed by atoms with Crippen molar-refractivity contribution in [1.29, 1.82) is 0 Å². The van der Waals surface area contributed by atoms with E-state index in [1.54, 1.807) is 5.01 Å². The minimum absolute atomic E-state index is 0.0593. The number of nitrogens with zero attached hydrogens (tertiary/aromatic N) is 3. The number of hydrogen-bond donors (Lipinski definition) is 2. The molecule has 0 atom stereocenters. The summed E-state index contributed by atoms with van der Waals surface area (Å²) in [6.45, 7) is 0.460. The van der Waals surface area contributed by atoms with E-state index in [9.17, 15) is 8.78 Å². The molecule has 1 saturated heterocycles. The van der Waals surface area contributed by atoms with Crippen LogP contribution in [0.4, 0.5) is 20.3 Å². The molecular weight excluding hydrogens is 252 g/mol. The Balaban J connectivity index is 2.00. The molecule has 0 aliphatic carbocycles. The Morgan fingerprint density at radius 1 is 1.41 bits per heavy atom. The average Bonchev–Trinajstić information content (AvgIpc) is 2.26. The van der Waals surface area contributed by atoms with Crippen LogP contribution in [0, 0.1) is 0 Å². The highest BCUT2D eigenvalue weighted by molar-refractivity contribution is 6.28. The average molecular weight is 264 g/mol. The second-order valence-electron chi connectivity index (χ2n) is 3.90. The maximum absolute atomic E-state index is 12.9. The van der Waals surface area contributed by atoms with Gasteiger partial charge in [0, 0.05) is 25.9 Å². The number of nitrogen functional groups attached to an aromatic ring is 1. The fourth-order valence-corrected chi connectivity index (χ4v) is 1.69. The minimum atomic E-state index is -2.58. The van der Waals surface area contributed by atoms with Gasteiger partial charge in [-0.05, 0) is 11.6 Å². The van der Waals surface area contributed by atoms with Gasteiger partial charge in [-0.2, -0.15) is 4.98 Å². The highest BCUT2D eigenvalue weighted by atomic mass is 35.5. The van der Waals surface area contributed by atoms with Gasteiger partial charge in [-0.1, -0.05) is 0 Å². The summed E-state index contributed by atoms with van der Waals surface area (Å²) >= 11 is 5.62. The van der Waals surface area contributed by atoms with Crippen molar-refractivity contribution in [2.45, 2.75) is 18.8 Å². The van der Waals surface area contributed by atoms with Crippen LogP contribution in [0.3, 0.4) is 0 Å². The zero-order valence-corrected chi connectivity index (χ0v) is 9.71. The van der Waals surface area contributed by atoms with Gasteiger partial charge >= 0.3 is 0 Å². The first-order valence-corrected chi connectivity index (χ1v) is 5.51. The van der Waals surface area contributed by atoms with Gasteiger partial charge in [0.15, 0.2) is 5.82 Å². The number of anilines is 2. The SMILES string of the molecule is Nc1cnc(Cl)nc1NN1CCC(F)(F)CC1. The minimum Gasteiger partial charge on any atom is -0.394 e. The number of alkyl halides is 2. The Hall–Kier alpha value is -1.21. The third-order valence-electron chi connectivity index (χ3n) is 2.55. The normalized spacial score (nSPS) is 20.2. The number of aromatic nitrogens is 2. The molecule has 0 amide bonds. The predicted octanol–water partition coefficient (Wildman–Crippen LogP) is 1.77. The molecule has 0 aromatic carbocycles. The lowest BCUT2D eigenvalue weighted by Crippen LogP contribution is -2.42. The molecule has 0 bridgehead atoms. The Bertz CT molecular complexity index is 404. The standard InChI is InChI=1S/C9H12ClF2N5/c10-8-14-5-6(13)7(15-8)16-17-3-1-9(11,12)2-4-17/h5H,1-4,13H2,(H,14,15,16). The number of hydrogen-bond acceptors (Lipinski definition) is 5. The molecular formula is C9H12ClF2N5. The molecule has 2 heterocycles. The molecule has 0 spiro atoms. The number of hydrazine groups is 1. The number of halogens is 3. The Morgan fingerprint density at radius 3 is 2.71 bits per heavy atom. The molecule has 94 valence electrons. The van der Waals surface area contributed by atoms with Crippen LogP contribution in [-0.2, 0) is 0 Å². The second kappa shape index (κ2) is 4.58. The van der Waals surface area contributed by atoms with E-state index < -0.39 is 5.92 Å². The molecule has 1 aliphatic rings. The van der Waals surface area contributed by atoms with Crippen LogP contribution in [0.1, 0.15) is 12.8 Å². The van der Waals surface area contributed by atoms with Crippen molar-refractivity contribution < 1.29 is 8.78 Å². The fraction of sp³-hybridized carbons (Fsp3) is 0.556. The van der Waals surface area contributed by atoms with Gasteiger partial charge < -0.3 is 11.2 Å². The quantitative estimate of drug-likeness (QED) is 0.796. The molecule has 1 aromatic heterocycles. The lowest BCUT2D eigenvalue weighted by Gasteiger charge is -2.32. The smallest absolute Gasteiger partial charge is 0.250 e. The summed E-state index contributed by atoms with van der Waals surface area (Å²) in [7, 11) is 0. The molecule has 8 heteroatoms. The van der Waals surface area contributed by atoms with Crippen molar-refractivity contribution >= 4 is 23.1 Å². The molecule has 0 radical (unpaired) electrons. The number of rotatable bonds is 2. The summed E-state index contributed by atoms with van der Waals surface area (Å²) in [5.41, 5.74) is 8.83. The van der Waals surface area contributed by atoms with Crippen molar-refractivity contribution in [1.82, 2.24) is 15.0 Å². The maximum atomic E-state index is 12.9. The molecule has 17 heavy (non-hydrogen) atoms. The molecule has 3 N–H and O–H groups in total. The van der Waals surface area contributed by atoms with Crippen molar-refractivity contribution in [2.24, 2.45) is 0 Å². The van der Waals surface area contributed by atoms with E-state index in [-0.39, 0.29) is 31.2 Å². The van der Waals surface area contributed by atoms with Gasteiger partial charge in [-0.15, -0.1) is 0 Å². The van der Waals surface area contributed by atoms with Gasteiger partial charge in [0.2, 0.25) is 5.28 Å². The van der Waals surface area contributed by atoms with E-state index in [0.717, 1.165) is 0 Å². The Morgan fingerprint density at radius 2 is 2.06 bits per heavy atom. The highest BCUT2D eigenvalue weighted by Crippen LogP contribution is 2.28. The van der Waals surface area contributed by atoms with Gasteiger partial charge in [-0.3, -0.25) is 0 Å². The molecule has 0 unspecified atom stereocenters. The summed E-state index contributed by atoms with van der Waals surface area (Å²) in [6, 6.07) is 0. The summed E-state index contributed by atoms with van der Waals surface area (Å²) in [4.78, 5) is 7.60. The number of nitrogens with one attached hydrogen (secondary N) is 1. The number of piperidine rings is 1. The molecule has 0 saturated carbocycles. The lowest BCUT2D eigenvalue weighted by molar-refractivity contribution is -0.0506. The van der Waals surface area contributed by atoms with Crippen LogP contribution in [-0.4, -0.2) is 34.0 Å². The van der Waals surface area contributed by atoms with Gasteiger partial charge in [-0.25, -0.2) is 18.8 Å². The van der Waals surface area contributed by atoms with Crippen LogP contribution >= 0.6 is 11.6 Å². The fourth-order valence-electron chi connectivity index (χ4n) is 1.55. The molecule has 1 fully saturated rings. The zero-order chi connectivity index (χ0) is 12.5. The predicted molar refractivity (Wildman–Crippen MR) is 60.8 cm³/mol. The summed E-state index contributed by atoms with van der Waals surface area (Å²) < 4.78 is 25.9. The summed E-state index contributed by atoms with van der Waals surface area (Å²) in [5, 5.41) is 1.70. The summed E-state index contributed by atoms with van der Waals surface area (Å²) in [5.74, 6) is -2.23. The van der Waals surface area contributed by atoms with Crippen LogP contribution < -0.4 is 11.2 Å². The van der Waals surface area contributed by atoms with Crippen molar-refractivity contribution in [3.8, 4) is 0 Å². The van der Waals surface area contributed by atoms with Gasteiger partial charge in [0.05, 0.1) is 11.9 Å². The van der Waals surface area contributed by atoms with Gasteiger partial charge in [0.25, 0.3) is 5.92 Å². The first-order chi connectivity index (χ1) is 7.96. The third-order valence-corrected chi connectivity index (χ3v) is 2.73. The monoisotopic (exact) mass is 263 g/mol. The molecule has 5 nitrogen and oxygen atoms in total. The maximum Gasteiger partial charge on any atom is 0.250 e. The first-order valence-electron chi connectivity index (χ1n) is 5.14. The third kappa shape index (κ3) is 3.13. The number of nitrogens with two attached hydrogens (primary N) is 1. The topological polar surface area (TPSA) is 67.1 Å². The zero-order valence-electron chi connectivity index (χ0n) is 8.96. The Kier molecular flexibility index (Phi) is 3.30. The lowest BCUT2D eigenvalue weighted by atomic mass is 10.1. The van der Waals surface area contributed by atoms with Crippen LogP contribution in [0.25, 0.3) is 0 Å². The second-order valence-corrected chi connectivity index (χ2v) is 4.24. The van der Waals surface area contributed by atoms with Crippen LogP contribution in [0.15, 0.2) is 6.20 Å². The van der Waals surface area contributed by atoms with E-state index >= 15 is 0 Å². The van der Waals surface area contributed by atoms with E-state index in [1.165, 1.54) is 6.20 Å². The van der Waals surface area contributed by atoms with Crippen molar-refractivity contribution in [2.75, 3.05) is 24.2 Å². The van der Waals surface area contributed by atoms with E-state index in [2.05, 4.69) is 15.4 Å².